The van der Waals surface area contributed by atoms with Crippen molar-refractivity contribution < 1.29 is 13.5 Å². The van der Waals surface area contributed by atoms with Gasteiger partial charge in [0.25, 0.3) is 5.92 Å². The van der Waals surface area contributed by atoms with Gasteiger partial charge in [-0.25, -0.2) is 13.8 Å². The van der Waals surface area contributed by atoms with E-state index in [2.05, 4.69) is 10.1 Å². The van der Waals surface area contributed by atoms with Crippen LogP contribution in [0, 0.1) is 0 Å². The quantitative estimate of drug-likeness (QED) is 0.495. The van der Waals surface area contributed by atoms with E-state index in [1.54, 1.807) is 21.8 Å². The Morgan fingerprint density at radius 2 is 2.18 bits per heavy atom. The molecule has 1 saturated heterocycles. The minimum Gasteiger partial charge on any atom is -0.365 e. The number of hydrogen-bond donors (Lipinski definition) is 0. The molecule has 5 nitrogen and oxygen atoms in total. The second kappa shape index (κ2) is 8.17. The number of hydrogen-bond acceptors (Lipinski definition) is 4. The third-order valence-corrected chi connectivity index (χ3v) is 5.00. The highest BCUT2D eigenvalue weighted by atomic mass is 35.5. The van der Waals surface area contributed by atoms with Crippen LogP contribution in [0.2, 0.25) is 5.15 Å². The van der Waals surface area contributed by atoms with Crippen molar-refractivity contribution in [2.24, 2.45) is 0 Å². The molecule has 1 aliphatic rings. The molecule has 1 unspecified atom stereocenters. The number of halogens is 3. The van der Waals surface area contributed by atoms with Crippen LogP contribution < -0.4 is 4.90 Å². The molecule has 1 aliphatic heterocycles. The highest BCUT2D eigenvalue weighted by molar-refractivity contribution is 6.30. The lowest BCUT2D eigenvalue weighted by Crippen LogP contribution is -2.34. The van der Waals surface area contributed by atoms with Gasteiger partial charge in [0.1, 0.15) is 11.3 Å². The van der Waals surface area contributed by atoms with Crippen LogP contribution in [0.4, 0.5) is 14.6 Å². The molecule has 0 bridgehead atoms. The average Bonchev–Trinajstić information content (AvgIpc) is 3.15. The van der Waals surface area contributed by atoms with Crippen molar-refractivity contribution in [3.05, 3.63) is 41.2 Å². The van der Waals surface area contributed by atoms with Crippen molar-refractivity contribution >= 4 is 28.3 Å². The van der Waals surface area contributed by atoms with E-state index >= 15 is 0 Å². The summed E-state index contributed by atoms with van der Waals surface area (Å²) in [5.74, 6) is -2.49. The van der Waals surface area contributed by atoms with E-state index in [-0.39, 0.29) is 19.2 Å². The van der Waals surface area contributed by atoms with Gasteiger partial charge < -0.3 is 9.64 Å². The Kier molecular flexibility index (Phi) is 6.05. The molecule has 0 aromatic carbocycles. The first-order valence-electron chi connectivity index (χ1n) is 9.32. The molecule has 8 heteroatoms. The number of fused-ring (bicyclic) bond motifs is 1. The molecule has 1 atom stereocenters. The van der Waals surface area contributed by atoms with Gasteiger partial charge in [-0.3, -0.25) is 4.68 Å². The molecule has 0 saturated carbocycles. The van der Waals surface area contributed by atoms with Crippen LogP contribution in [0.3, 0.4) is 0 Å². The fourth-order valence-electron chi connectivity index (χ4n) is 3.35. The zero-order valence-electron chi connectivity index (χ0n) is 16.5. The van der Waals surface area contributed by atoms with Crippen molar-refractivity contribution in [1.82, 2.24) is 14.8 Å². The minimum absolute atomic E-state index is 0.0583. The summed E-state index contributed by atoms with van der Waals surface area (Å²) < 4.78 is 36.6. The number of aromatic nitrogens is 3. The summed E-state index contributed by atoms with van der Waals surface area (Å²) in [6.07, 6.45) is 5.97. The zero-order chi connectivity index (χ0) is 20.5. The molecular weight excluding hydrogens is 386 g/mol. The SMILES string of the molecule is C/C=C\C(=C/C)COC1CN(c2nn(C(C)C)c3cc(Cl)ncc23)CC1(F)F. The van der Waals surface area contributed by atoms with Gasteiger partial charge in [0.2, 0.25) is 0 Å². The van der Waals surface area contributed by atoms with Gasteiger partial charge in [0, 0.05) is 18.3 Å². The van der Waals surface area contributed by atoms with E-state index in [1.807, 2.05) is 45.9 Å². The number of ether oxygens (including phenoxy) is 1. The lowest BCUT2D eigenvalue weighted by atomic mass is 10.2. The molecule has 0 radical (unpaired) electrons. The molecule has 0 N–H and O–H groups in total. The molecule has 1 fully saturated rings. The van der Waals surface area contributed by atoms with E-state index in [9.17, 15) is 8.78 Å². The number of allylic oxidation sites excluding steroid dienone is 2. The first-order chi connectivity index (χ1) is 13.3. The van der Waals surface area contributed by atoms with Crippen LogP contribution in [0.5, 0.6) is 0 Å². The Hall–Kier alpha value is -1.99. The number of pyridine rings is 1. The molecule has 3 rings (SSSR count). The van der Waals surface area contributed by atoms with Gasteiger partial charge in [-0.2, -0.15) is 5.10 Å². The van der Waals surface area contributed by atoms with Gasteiger partial charge in [-0.05, 0) is 33.3 Å². The van der Waals surface area contributed by atoms with Crippen LogP contribution in [-0.4, -0.2) is 46.5 Å². The number of rotatable bonds is 6. The van der Waals surface area contributed by atoms with E-state index < -0.39 is 18.6 Å². The Morgan fingerprint density at radius 1 is 1.43 bits per heavy atom. The molecule has 2 aromatic heterocycles. The van der Waals surface area contributed by atoms with Crippen LogP contribution >= 0.6 is 11.6 Å². The second-order valence-corrected chi connectivity index (χ2v) is 7.58. The summed E-state index contributed by atoms with van der Waals surface area (Å²) in [5, 5.41) is 5.64. The average molecular weight is 411 g/mol. The van der Waals surface area contributed by atoms with Crippen molar-refractivity contribution in [3.8, 4) is 0 Å². The predicted molar refractivity (Wildman–Crippen MR) is 108 cm³/mol. The largest absolute Gasteiger partial charge is 0.365 e. The lowest BCUT2D eigenvalue weighted by Gasteiger charge is -2.18. The Bertz CT molecular complexity index is 907. The van der Waals surface area contributed by atoms with E-state index in [0.717, 1.165) is 11.1 Å². The zero-order valence-corrected chi connectivity index (χ0v) is 17.2. The number of nitrogens with zero attached hydrogens (tertiary/aromatic N) is 4. The summed E-state index contributed by atoms with van der Waals surface area (Å²) in [5.41, 5.74) is 1.65. The normalized spacial score (nSPS) is 20.2. The molecule has 28 heavy (non-hydrogen) atoms. The highest BCUT2D eigenvalue weighted by Crippen LogP contribution is 2.37. The third kappa shape index (κ3) is 4.05. The minimum atomic E-state index is -2.97. The summed E-state index contributed by atoms with van der Waals surface area (Å²) >= 11 is 6.03. The topological polar surface area (TPSA) is 43.2 Å². The van der Waals surface area contributed by atoms with Gasteiger partial charge in [-0.1, -0.05) is 29.8 Å². The first kappa shape index (κ1) is 20.7. The molecule has 0 spiro atoms. The highest BCUT2D eigenvalue weighted by Gasteiger charge is 2.50. The summed E-state index contributed by atoms with van der Waals surface area (Å²) in [4.78, 5) is 5.69. The maximum Gasteiger partial charge on any atom is 0.292 e. The predicted octanol–water partition coefficient (Wildman–Crippen LogP) is 5.03. The van der Waals surface area contributed by atoms with Crippen LogP contribution in [0.15, 0.2) is 36.1 Å². The maximum atomic E-state index is 14.6. The maximum absolute atomic E-state index is 14.6. The fourth-order valence-corrected chi connectivity index (χ4v) is 3.50. The second-order valence-electron chi connectivity index (χ2n) is 7.19. The van der Waals surface area contributed by atoms with Crippen LogP contribution in [0.25, 0.3) is 10.9 Å². The molecule has 2 aromatic rings. The van der Waals surface area contributed by atoms with Crippen molar-refractivity contribution in [2.75, 3.05) is 24.6 Å². The smallest absolute Gasteiger partial charge is 0.292 e. The van der Waals surface area contributed by atoms with E-state index in [4.69, 9.17) is 16.3 Å². The van der Waals surface area contributed by atoms with Crippen molar-refractivity contribution in [2.45, 2.75) is 45.8 Å². The van der Waals surface area contributed by atoms with E-state index in [0.29, 0.717) is 16.4 Å². The summed E-state index contributed by atoms with van der Waals surface area (Å²) in [6, 6.07) is 1.77. The van der Waals surface area contributed by atoms with E-state index in [1.165, 1.54) is 0 Å². The molecule has 0 amide bonds. The molecule has 3 heterocycles. The summed E-state index contributed by atoms with van der Waals surface area (Å²) in [6.45, 7) is 7.47. The molecule has 0 aliphatic carbocycles. The van der Waals surface area contributed by atoms with Crippen molar-refractivity contribution in [1.29, 1.82) is 0 Å². The third-order valence-electron chi connectivity index (χ3n) is 4.79. The standard InChI is InChI=1S/C20H25ClF2N4O/c1-5-7-14(6-2)11-28-17-10-26(12-20(17,22)23)19-15-9-24-18(21)8-16(15)27(25-19)13(3)4/h5-9,13,17H,10-12H2,1-4H3/b7-5-,14-6+. The fraction of sp³-hybridized carbons (Fsp3) is 0.500. The first-order valence-corrected chi connectivity index (χ1v) is 9.70. The number of anilines is 1. The Morgan fingerprint density at radius 3 is 2.82 bits per heavy atom. The van der Waals surface area contributed by atoms with Gasteiger partial charge >= 0.3 is 0 Å². The van der Waals surface area contributed by atoms with Crippen LogP contribution in [0.1, 0.15) is 33.7 Å². The Balaban J connectivity index is 1.87. The summed E-state index contributed by atoms with van der Waals surface area (Å²) in [7, 11) is 0. The lowest BCUT2D eigenvalue weighted by molar-refractivity contribution is -0.0988. The monoisotopic (exact) mass is 410 g/mol. The molecular formula is C20H25ClF2N4O. The Labute approximate surface area is 168 Å². The molecule has 152 valence electrons. The number of alkyl halides is 2. The van der Waals surface area contributed by atoms with Crippen molar-refractivity contribution in [3.63, 3.8) is 0 Å². The van der Waals surface area contributed by atoms with Gasteiger partial charge in [0.15, 0.2) is 5.82 Å². The van der Waals surface area contributed by atoms with Gasteiger partial charge in [-0.15, -0.1) is 0 Å². The van der Waals surface area contributed by atoms with Gasteiger partial charge in [0.05, 0.1) is 30.6 Å². The van der Waals surface area contributed by atoms with Crippen LogP contribution in [-0.2, 0) is 4.74 Å².